The summed E-state index contributed by atoms with van der Waals surface area (Å²) in [5.41, 5.74) is -0.799. The van der Waals surface area contributed by atoms with Gasteiger partial charge in [0.25, 0.3) is 10.0 Å². The monoisotopic (exact) mass is 482 g/mol. The number of halogens is 3. The number of sulfonamides is 1. The molecule has 1 aromatic carbocycles. The van der Waals surface area contributed by atoms with Crippen molar-refractivity contribution >= 4 is 54.8 Å². The Kier molecular flexibility index (Phi) is 6.58. The topological polar surface area (TPSA) is 79.7 Å². The van der Waals surface area contributed by atoms with Crippen LogP contribution in [0.1, 0.15) is 19.4 Å². The van der Waals surface area contributed by atoms with Gasteiger partial charge >= 0.3 is 0 Å². The molecule has 26 heavy (non-hydrogen) atoms. The predicted molar refractivity (Wildman–Crippen MR) is 105 cm³/mol. The lowest BCUT2D eigenvalue weighted by molar-refractivity contribution is 0.0785. The van der Waals surface area contributed by atoms with E-state index in [1.54, 1.807) is 0 Å². The highest BCUT2D eigenvalue weighted by atomic mass is 79.9. The number of aliphatic hydroxyl groups is 1. The molecule has 0 unspecified atom stereocenters. The number of nitrogens with zero attached hydrogens (tertiary/aromatic N) is 2. The maximum Gasteiger partial charge on any atom is 0.266 e. The quantitative estimate of drug-likeness (QED) is 0.492. The Bertz CT molecular complexity index is 917. The van der Waals surface area contributed by atoms with E-state index in [9.17, 15) is 13.5 Å². The van der Waals surface area contributed by atoms with Gasteiger partial charge in [-0.1, -0.05) is 23.2 Å². The SMILES string of the molecule is COCN(c1cc(Cl)cnc1Br)S(=O)(=O)c1ccc(Cl)c(C(C)(C)O)c1. The molecule has 0 saturated heterocycles. The zero-order valence-electron chi connectivity index (χ0n) is 14.2. The van der Waals surface area contributed by atoms with Crippen LogP contribution in [0, 0.1) is 0 Å². The molecule has 0 radical (unpaired) electrons. The number of hydrogen-bond acceptors (Lipinski definition) is 5. The number of aromatic nitrogens is 1. The van der Waals surface area contributed by atoms with Gasteiger partial charge in [-0.2, -0.15) is 0 Å². The summed E-state index contributed by atoms with van der Waals surface area (Å²) in [7, 11) is -2.67. The van der Waals surface area contributed by atoms with Gasteiger partial charge in [0.1, 0.15) is 11.3 Å². The zero-order chi connectivity index (χ0) is 19.7. The Morgan fingerprint density at radius 1 is 1.31 bits per heavy atom. The van der Waals surface area contributed by atoms with Crippen LogP contribution in [0.15, 0.2) is 40.0 Å². The summed E-state index contributed by atoms with van der Waals surface area (Å²) in [6.45, 7) is 2.79. The molecule has 0 saturated carbocycles. The Balaban J connectivity index is 2.64. The van der Waals surface area contributed by atoms with Gasteiger partial charge in [0, 0.05) is 23.9 Å². The van der Waals surface area contributed by atoms with Crippen molar-refractivity contribution in [2.24, 2.45) is 0 Å². The number of anilines is 1. The van der Waals surface area contributed by atoms with Gasteiger partial charge in [-0.25, -0.2) is 17.7 Å². The van der Waals surface area contributed by atoms with Crippen LogP contribution in [-0.4, -0.2) is 32.3 Å². The summed E-state index contributed by atoms with van der Waals surface area (Å²) in [6.07, 6.45) is 1.39. The summed E-state index contributed by atoms with van der Waals surface area (Å²) in [4.78, 5) is 3.97. The van der Waals surface area contributed by atoms with Crippen LogP contribution < -0.4 is 4.31 Å². The molecular weight excluding hydrogens is 467 g/mol. The van der Waals surface area contributed by atoms with Gasteiger partial charge in [0.15, 0.2) is 0 Å². The van der Waals surface area contributed by atoms with E-state index in [1.807, 2.05) is 0 Å². The molecule has 2 rings (SSSR count). The van der Waals surface area contributed by atoms with Crippen LogP contribution in [0.25, 0.3) is 0 Å². The number of benzene rings is 1. The summed E-state index contributed by atoms with van der Waals surface area (Å²) in [6, 6.07) is 5.59. The van der Waals surface area contributed by atoms with Gasteiger partial charge in [-0.3, -0.25) is 0 Å². The molecule has 0 fully saturated rings. The number of rotatable bonds is 6. The molecule has 0 amide bonds. The Hall–Kier alpha value is -0.900. The second kappa shape index (κ2) is 8.00. The van der Waals surface area contributed by atoms with Gasteiger partial charge in [0.05, 0.1) is 21.2 Å². The second-order valence-corrected chi connectivity index (χ2v) is 9.39. The summed E-state index contributed by atoms with van der Waals surface area (Å²) in [5.74, 6) is 0. The van der Waals surface area contributed by atoms with Crippen molar-refractivity contribution in [2.45, 2.75) is 24.3 Å². The van der Waals surface area contributed by atoms with Crippen LogP contribution in [-0.2, 0) is 20.4 Å². The summed E-state index contributed by atoms with van der Waals surface area (Å²) < 4.78 is 32.8. The number of methoxy groups -OCH3 is 1. The minimum Gasteiger partial charge on any atom is -0.386 e. The van der Waals surface area contributed by atoms with E-state index in [0.717, 1.165) is 4.31 Å². The van der Waals surface area contributed by atoms with Crippen LogP contribution in [0.4, 0.5) is 5.69 Å². The zero-order valence-corrected chi connectivity index (χ0v) is 18.1. The average molecular weight is 484 g/mol. The summed E-state index contributed by atoms with van der Waals surface area (Å²) in [5, 5.41) is 10.8. The average Bonchev–Trinajstić information content (AvgIpc) is 2.54. The number of ether oxygens (including phenoxy) is 1. The fraction of sp³-hybridized carbons (Fsp3) is 0.312. The fourth-order valence-corrected chi connectivity index (χ4v) is 4.69. The highest BCUT2D eigenvalue weighted by Crippen LogP contribution is 2.34. The van der Waals surface area contributed by atoms with Crippen molar-refractivity contribution in [3.8, 4) is 0 Å². The van der Waals surface area contributed by atoms with Crippen molar-refractivity contribution in [1.29, 1.82) is 0 Å². The van der Waals surface area contributed by atoms with E-state index in [4.69, 9.17) is 27.9 Å². The van der Waals surface area contributed by atoms with Crippen molar-refractivity contribution < 1.29 is 18.3 Å². The first-order chi connectivity index (χ1) is 12.0. The van der Waals surface area contributed by atoms with Crippen molar-refractivity contribution in [1.82, 2.24) is 4.98 Å². The third kappa shape index (κ3) is 4.49. The van der Waals surface area contributed by atoms with Crippen LogP contribution in [0.2, 0.25) is 10.0 Å². The lowest BCUT2D eigenvalue weighted by Crippen LogP contribution is -2.33. The van der Waals surface area contributed by atoms with Gasteiger partial charge in [-0.15, -0.1) is 0 Å². The number of hydrogen-bond donors (Lipinski definition) is 1. The van der Waals surface area contributed by atoms with Gasteiger partial charge < -0.3 is 9.84 Å². The molecule has 0 aliphatic heterocycles. The van der Waals surface area contributed by atoms with Crippen LogP contribution in [0.5, 0.6) is 0 Å². The van der Waals surface area contributed by atoms with E-state index >= 15 is 0 Å². The van der Waals surface area contributed by atoms with Crippen molar-refractivity contribution in [3.05, 3.63) is 50.7 Å². The third-order valence-corrected chi connectivity index (χ3v) is 6.37. The standard InChI is InChI=1S/C16H17BrCl2N2O4S/c1-16(2,22)12-7-11(4-5-13(12)19)26(23,24)21(9-25-3)14-6-10(18)8-20-15(14)17/h4-8,22H,9H2,1-3H3. The highest BCUT2D eigenvalue weighted by molar-refractivity contribution is 9.10. The normalized spacial score (nSPS) is 12.3. The van der Waals surface area contributed by atoms with Crippen molar-refractivity contribution in [2.75, 3.05) is 18.1 Å². The maximum atomic E-state index is 13.2. The van der Waals surface area contributed by atoms with E-state index in [0.29, 0.717) is 10.2 Å². The molecule has 2 aromatic rings. The Morgan fingerprint density at radius 3 is 2.54 bits per heavy atom. The lowest BCUT2D eigenvalue weighted by Gasteiger charge is -2.26. The summed E-state index contributed by atoms with van der Waals surface area (Å²) >= 11 is 15.3. The molecule has 1 aromatic heterocycles. The Morgan fingerprint density at radius 2 is 1.96 bits per heavy atom. The molecule has 0 spiro atoms. The maximum absolute atomic E-state index is 13.2. The van der Waals surface area contributed by atoms with E-state index in [1.165, 1.54) is 51.4 Å². The first kappa shape index (κ1) is 21.4. The second-order valence-electron chi connectivity index (χ2n) is 5.94. The van der Waals surface area contributed by atoms with Gasteiger partial charge in [-0.05, 0) is 54.0 Å². The molecule has 1 heterocycles. The van der Waals surface area contributed by atoms with E-state index in [-0.39, 0.29) is 27.4 Å². The molecule has 1 N–H and O–H groups in total. The molecule has 142 valence electrons. The number of pyridine rings is 1. The first-order valence-corrected chi connectivity index (χ1v) is 10.3. The Labute approximate surface area is 170 Å². The van der Waals surface area contributed by atoms with E-state index < -0.39 is 15.6 Å². The molecular formula is C16H17BrCl2N2O4S. The molecule has 0 atom stereocenters. The van der Waals surface area contributed by atoms with Crippen LogP contribution in [0.3, 0.4) is 0 Å². The van der Waals surface area contributed by atoms with Crippen molar-refractivity contribution in [3.63, 3.8) is 0 Å². The van der Waals surface area contributed by atoms with Gasteiger partial charge in [0.2, 0.25) is 0 Å². The third-order valence-electron chi connectivity index (χ3n) is 3.49. The molecule has 0 bridgehead atoms. The fourth-order valence-electron chi connectivity index (χ4n) is 2.23. The largest absolute Gasteiger partial charge is 0.386 e. The molecule has 0 aliphatic carbocycles. The smallest absolute Gasteiger partial charge is 0.266 e. The predicted octanol–water partition coefficient (Wildman–Crippen LogP) is 4.18. The minimum absolute atomic E-state index is 0.0528. The first-order valence-electron chi connectivity index (χ1n) is 7.33. The molecule has 0 aliphatic rings. The lowest BCUT2D eigenvalue weighted by atomic mass is 9.99. The van der Waals surface area contributed by atoms with Crippen LogP contribution >= 0.6 is 39.1 Å². The molecule has 10 heteroatoms. The van der Waals surface area contributed by atoms with E-state index in [2.05, 4.69) is 20.9 Å². The minimum atomic E-state index is -4.05. The molecule has 6 nitrogen and oxygen atoms in total. The highest BCUT2D eigenvalue weighted by Gasteiger charge is 2.30.